The summed E-state index contributed by atoms with van der Waals surface area (Å²) >= 11 is 0. The molecule has 0 spiro atoms. The summed E-state index contributed by atoms with van der Waals surface area (Å²) in [6.45, 7) is 1.31. The molecule has 0 aromatic heterocycles. The van der Waals surface area contributed by atoms with Crippen LogP contribution >= 0.6 is 0 Å². The lowest BCUT2D eigenvalue weighted by molar-refractivity contribution is -0.138. The van der Waals surface area contributed by atoms with Crippen LogP contribution in [0.4, 0.5) is 0 Å². The van der Waals surface area contributed by atoms with E-state index >= 15 is 0 Å². The molecule has 0 unspecified atom stereocenters. The second-order valence-corrected chi connectivity index (χ2v) is 1.22. The third-order valence-electron chi connectivity index (χ3n) is 0.582. The van der Waals surface area contributed by atoms with Crippen LogP contribution < -0.4 is 0 Å². The van der Waals surface area contributed by atoms with E-state index in [1.54, 1.807) is 0 Å². The molecular weight excluding hydrogens is 110 g/mol. The minimum absolute atomic E-state index is 0.958. The quantitative estimate of drug-likeness (QED) is 0.327. The third kappa shape index (κ3) is 2.04. The zero-order chi connectivity index (χ0) is 6.57. The normalized spacial score (nSPS) is 11.6. The maximum absolute atomic E-state index is 9.82. The summed E-state index contributed by atoms with van der Waals surface area (Å²) in [4.78, 5) is 12.1. The molecule has 0 radical (unpaired) electrons. The topological polar surface area (TPSA) is 86.1 Å². The van der Waals surface area contributed by atoms with Crippen LogP contribution in [-0.2, 0) is 4.79 Å². The van der Waals surface area contributed by atoms with E-state index in [2.05, 4.69) is 10.0 Å². The number of carboxylic acids is 1. The third-order valence-corrected chi connectivity index (χ3v) is 0.582. The molecule has 0 bridgehead atoms. The highest BCUT2D eigenvalue weighted by Gasteiger charge is 2.05. The molecule has 1 atom stereocenters. The Morgan fingerprint density at radius 2 is 2.50 bits per heavy atom. The van der Waals surface area contributed by atoms with E-state index in [9.17, 15) is 4.79 Å². The molecule has 0 saturated carbocycles. The summed E-state index contributed by atoms with van der Waals surface area (Å²) < 4.78 is 0. The van der Waals surface area contributed by atoms with Crippen LogP contribution in [-0.4, -0.2) is 17.1 Å². The fraction of sp³-hybridized carbons (Fsp3) is 0.667. The maximum Gasteiger partial charge on any atom is 0.312 e. The van der Waals surface area contributed by atoms with E-state index in [-0.39, 0.29) is 0 Å². The Kier molecular flexibility index (Phi) is 2.43. The van der Waals surface area contributed by atoms with Crippen LogP contribution in [0.25, 0.3) is 10.4 Å². The van der Waals surface area contributed by atoms with Crippen LogP contribution in [0.2, 0.25) is 0 Å². The standard InChI is InChI=1S/C3H5N3O2/c1-2(3(7)8)5-6-4/h2H,1H3,(H,7,8)/t2-/m1/s1. The number of aliphatic carboxylic acids is 1. The highest BCUT2D eigenvalue weighted by Crippen LogP contribution is 1.86. The molecule has 0 fully saturated rings. The number of hydrogen-bond acceptors (Lipinski definition) is 2. The zero-order valence-corrected chi connectivity index (χ0v) is 4.27. The smallest absolute Gasteiger partial charge is 0.312 e. The van der Waals surface area contributed by atoms with E-state index < -0.39 is 12.0 Å². The van der Waals surface area contributed by atoms with Gasteiger partial charge < -0.3 is 5.11 Å². The molecule has 0 aromatic rings. The van der Waals surface area contributed by atoms with Crippen molar-refractivity contribution in [2.75, 3.05) is 0 Å². The molecule has 0 aliphatic carbocycles. The molecule has 44 valence electrons. The van der Waals surface area contributed by atoms with Crippen LogP contribution in [0, 0.1) is 0 Å². The number of nitrogens with zero attached hydrogens (tertiary/aromatic N) is 3. The molecule has 0 aliphatic heterocycles. The number of rotatable bonds is 2. The molecule has 5 nitrogen and oxygen atoms in total. The number of hydrogen-bond donors (Lipinski definition) is 1. The Balaban J connectivity index is 3.82. The van der Waals surface area contributed by atoms with Gasteiger partial charge in [-0.1, -0.05) is 5.11 Å². The van der Waals surface area contributed by atoms with Crippen LogP contribution in [0.15, 0.2) is 5.11 Å². The summed E-state index contributed by atoms with van der Waals surface area (Å²) in [5.41, 5.74) is 7.68. The SMILES string of the molecule is C[C@@H](N=[N+]=[N-])C(=O)O. The van der Waals surface area contributed by atoms with Crippen molar-refractivity contribution in [1.29, 1.82) is 0 Å². The van der Waals surface area contributed by atoms with Gasteiger partial charge in [0, 0.05) is 4.91 Å². The summed E-state index contributed by atoms with van der Waals surface area (Å²) in [7, 11) is 0. The fourth-order valence-corrected chi connectivity index (χ4v) is 0.127. The first-order valence-corrected chi connectivity index (χ1v) is 1.95. The number of azide groups is 1. The molecule has 0 saturated heterocycles. The monoisotopic (exact) mass is 115 g/mol. The molecule has 0 aliphatic rings. The summed E-state index contributed by atoms with van der Waals surface area (Å²) in [6, 6.07) is -0.958. The maximum atomic E-state index is 9.82. The Bertz CT molecular complexity index is 135. The van der Waals surface area contributed by atoms with Crippen molar-refractivity contribution in [1.82, 2.24) is 0 Å². The van der Waals surface area contributed by atoms with Gasteiger partial charge in [-0.05, 0) is 12.5 Å². The van der Waals surface area contributed by atoms with Crippen LogP contribution in [0.3, 0.4) is 0 Å². The molecule has 1 N–H and O–H groups in total. The predicted molar refractivity (Wildman–Crippen MR) is 26.2 cm³/mol. The van der Waals surface area contributed by atoms with Gasteiger partial charge in [-0.25, -0.2) is 0 Å². The zero-order valence-electron chi connectivity index (χ0n) is 4.27. The van der Waals surface area contributed by atoms with Crippen molar-refractivity contribution in [3.05, 3.63) is 10.4 Å². The van der Waals surface area contributed by atoms with E-state index in [0.717, 1.165) is 0 Å². The molecule has 0 amide bonds. The van der Waals surface area contributed by atoms with Gasteiger partial charge in [0.25, 0.3) is 0 Å². The Morgan fingerprint density at radius 1 is 2.00 bits per heavy atom. The van der Waals surface area contributed by atoms with Gasteiger partial charge in [-0.3, -0.25) is 4.79 Å². The predicted octanol–water partition coefficient (Wildman–Crippen LogP) is 0.770. The first kappa shape index (κ1) is 6.78. The largest absolute Gasteiger partial charge is 0.481 e. The molecule has 0 rings (SSSR count). The van der Waals surface area contributed by atoms with Crippen LogP contribution in [0.5, 0.6) is 0 Å². The molecule has 8 heavy (non-hydrogen) atoms. The molecule has 0 aromatic carbocycles. The lowest BCUT2D eigenvalue weighted by Gasteiger charge is -1.90. The molecule has 5 heteroatoms. The van der Waals surface area contributed by atoms with Gasteiger partial charge in [-0.15, -0.1) is 0 Å². The lowest BCUT2D eigenvalue weighted by atomic mass is 10.4. The Labute approximate surface area is 45.6 Å². The first-order chi connectivity index (χ1) is 3.68. The molecule has 0 heterocycles. The highest BCUT2D eigenvalue weighted by molar-refractivity contribution is 5.72. The first-order valence-electron chi connectivity index (χ1n) is 1.95. The highest BCUT2D eigenvalue weighted by atomic mass is 16.4. The Hall–Kier alpha value is -1.22. The fourth-order valence-electron chi connectivity index (χ4n) is 0.127. The van der Waals surface area contributed by atoms with Crippen LogP contribution in [0.1, 0.15) is 6.92 Å². The molecular formula is C3H5N3O2. The van der Waals surface area contributed by atoms with Gasteiger partial charge in [0.15, 0.2) is 0 Å². The lowest BCUT2D eigenvalue weighted by Crippen LogP contribution is -2.11. The Morgan fingerprint density at radius 3 is 2.62 bits per heavy atom. The van der Waals surface area contributed by atoms with Crippen molar-refractivity contribution in [3.8, 4) is 0 Å². The van der Waals surface area contributed by atoms with Gasteiger partial charge in [0.1, 0.15) is 6.04 Å². The van der Waals surface area contributed by atoms with E-state index in [1.807, 2.05) is 0 Å². The number of carboxylic acid groups (broad SMARTS) is 1. The van der Waals surface area contributed by atoms with Crippen molar-refractivity contribution in [2.45, 2.75) is 13.0 Å². The number of carbonyl (C=O) groups is 1. The average Bonchev–Trinajstić information content (AvgIpc) is 1.67. The van der Waals surface area contributed by atoms with Crippen molar-refractivity contribution in [2.24, 2.45) is 5.11 Å². The van der Waals surface area contributed by atoms with Gasteiger partial charge in [0.2, 0.25) is 0 Å². The second kappa shape index (κ2) is 2.87. The summed E-state index contributed by atoms with van der Waals surface area (Å²) in [5.74, 6) is -1.11. The van der Waals surface area contributed by atoms with Crippen molar-refractivity contribution in [3.63, 3.8) is 0 Å². The van der Waals surface area contributed by atoms with Crippen molar-refractivity contribution >= 4 is 5.97 Å². The van der Waals surface area contributed by atoms with Crippen molar-refractivity contribution < 1.29 is 9.90 Å². The average molecular weight is 115 g/mol. The van der Waals surface area contributed by atoms with Gasteiger partial charge >= 0.3 is 5.97 Å². The second-order valence-electron chi connectivity index (χ2n) is 1.22. The minimum atomic E-state index is -1.11. The van der Waals surface area contributed by atoms with Gasteiger partial charge in [0.05, 0.1) is 0 Å². The summed E-state index contributed by atoms with van der Waals surface area (Å²) in [6.07, 6.45) is 0. The minimum Gasteiger partial charge on any atom is -0.481 e. The van der Waals surface area contributed by atoms with Gasteiger partial charge in [-0.2, -0.15) is 0 Å². The van der Waals surface area contributed by atoms with E-state index in [0.29, 0.717) is 0 Å². The van der Waals surface area contributed by atoms with E-state index in [1.165, 1.54) is 6.92 Å². The van der Waals surface area contributed by atoms with E-state index in [4.69, 9.17) is 10.6 Å². The summed E-state index contributed by atoms with van der Waals surface area (Å²) in [5, 5.41) is 11.0.